The number of halogens is 1. The molecule has 0 unspecified atom stereocenters. The van der Waals surface area contributed by atoms with Crippen molar-refractivity contribution >= 4 is 28.9 Å². The number of hydrogen-bond donors (Lipinski definition) is 5. The van der Waals surface area contributed by atoms with E-state index >= 15 is 0 Å². The van der Waals surface area contributed by atoms with Crippen molar-refractivity contribution in [3.8, 4) is 11.3 Å². The summed E-state index contributed by atoms with van der Waals surface area (Å²) in [5, 5.41) is 16.1. The quantitative estimate of drug-likeness (QED) is 0.202. The van der Waals surface area contributed by atoms with Crippen molar-refractivity contribution in [1.82, 2.24) is 15.5 Å². The van der Waals surface area contributed by atoms with Crippen LogP contribution in [0.5, 0.6) is 0 Å². The Hall–Kier alpha value is -3.88. The number of aromatic amines is 1. The number of aromatic nitrogens is 2. The van der Waals surface area contributed by atoms with Gasteiger partial charge < -0.3 is 21.7 Å². The number of nitrogens with two attached hydrogens (primary N) is 1. The molecular weight excluding hydrogens is 447 g/mol. The second-order valence-electron chi connectivity index (χ2n) is 8.86. The van der Waals surface area contributed by atoms with Crippen molar-refractivity contribution in [2.45, 2.75) is 51.0 Å². The van der Waals surface area contributed by atoms with Gasteiger partial charge >= 0.3 is 0 Å². The van der Waals surface area contributed by atoms with E-state index in [1.54, 1.807) is 6.07 Å². The van der Waals surface area contributed by atoms with Crippen LogP contribution < -0.4 is 21.7 Å². The number of carbonyl (C=O) groups is 2. The first-order valence-electron chi connectivity index (χ1n) is 12.0. The van der Waals surface area contributed by atoms with E-state index in [4.69, 9.17) is 5.73 Å². The van der Waals surface area contributed by atoms with E-state index in [2.05, 4.69) is 26.1 Å². The summed E-state index contributed by atoms with van der Waals surface area (Å²) < 4.78 is 13.1. The van der Waals surface area contributed by atoms with Crippen molar-refractivity contribution < 1.29 is 14.0 Å². The smallest absolute Gasteiger partial charge is 0.269 e. The Bertz CT molecular complexity index is 1160. The van der Waals surface area contributed by atoms with Gasteiger partial charge in [0.25, 0.3) is 5.91 Å². The van der Waals surface area contributed by atoms with Crippen LogP contribution in [0.3, 0.4) is 0 Å². The van der Waals surface area contributed by atoms with Gasteiger partial charge in [-0.2, -0.15) is 5.10 Å². The normalized spacial score (nSPS) is 13.2. The molecule has 0 aliphatic heterocycles. The van der Waals surface area contributed by atoms with Gasteiger partial charge in [-0.25, -0.2) is 4.39 Å². The lowest BCUT2D eigenvalue weighted by Crippen LogP contribution is -2.26. The number of nitrogens with one attached hydrogen (secondary N) is 4. The molecule has 1 aliphatic carbocycles. The van der Waals surface area contributed by atoms with Crippen molar-refractivity contribution in [2.75, 3.05) is 22.9 Å². The monoisotopic (exact) mass is 478 g/mol. The molecule has 184 valence electrons. The highest BCUT2D eigenvalue weighted by molar-refractivity contribution is 5.94. The van der Waals surface area contributed by atoms with E-state index in [0.29, 0.717) is 36.8 Å². The van der Waals surface area contributed by atoms with Gasteiger partial charge in [0.05, 0.1) is 17.1 Å². The molecule has 1 aromatic heterocycles. The zero-order chi connectivity index (χ0) is 24.6. The highest BCUT2D eigenvalue weighted by Crippen LogP contribution is 2.25. The molecule has 0 radical (unpaired) electrons. The number of amides is 2. The second kappa shape index (κ2) is 11.5. The molecule has 0 spiro atoms. The SMILES string of the molecule is Nc1cc(F)ccc1NC(=O)CCCCCNC(=O)c1cc(-c2ccc(NC3CCC3)cc2)n[nH]1. The summed E-state index contributed by atoms with van der Waals surface area (Å²) in [7, 11) is 0. The van der Waals surface area contributed by atoms with Crippen molar-refractivity contribution in [2.24, 2.45) is 0 Å². The van der Waals surface area contributed by atoms with Gasteiger partial charge in [0, 0.05) is 30.3 Å². The number of benzene rings is 2. The first kappa shape index (κ1) is 24.3. The molecule has 2 aromatic carbocycles. The maximum absolute atomic E-state index is 13.1. The van der Waals surface area contributed by atoms with Crippen molar-refractivity contribution in [1.29, 1.82) is 0 Å². The van der Waals surface area contributed by atoms with Gasteiger partial charge in [-0.05, 0) is 68.5 Å². The number of rotatable bonds is 11. The molecule has 0 atom stereocenters. The highest BCUT2D eigenvalue weighted by atomic mass is 19.1. The predicted octanol–water partition coefficient (Wildman–Crippen LogP) is 4.69. The van der Waals surface area contributed by atoms with Gasteiger partial charge in [-0.1, -0.05) is 18.6 Å². The number of H-pyrrole nitrogens is 1. The minimum atomic E-state index is -0.445. The summed E-state index contributed by atoms with van der Waals surface area (Å²) in [4.78, 5) is 24.4. The van der Waals surface area contributed by atoms with E-state index < -0.39 is 5.82 Å². The van der Waals surface area contributed by atoms with E-state index in [-0.39, 0.29) is 17.5 Å². The minimum Gasteiger partial charge on any atom is -0.397 e. The van der Waals surface area contributed by atoms with Crippen LogP contribution in [0.25, 0.3) is 11.3 Å². The largest absolute Gasteiger partial charge is 0.397 e. The van der Waals surface area contributed by atoms with Crippen LogP contribution in [0.4, 0.5) is 21.5 Å². The third kappa shape index (κ3) is 6.81. The van der Waals surface area contributed by atoms with Crippen LogP contribution in [0, 0.1) is 5.82 Å². The molecule has 1 saturated carbocycles. The van der Waals surface area contributed by atoms with E-state index in [9.17, 15) is 14.0 Å². The number of nitrogen functional groups attached to an aromatic ring is 1. The van der Waals surface area contributed by atoms with Crippen LogP contribution in [-0.4, -0.2) is 34.6 Å². The third-order valence-corrected chi connectivity index (χ3v) is 6.13. The summed E-state index contributed by atoms with van der Waals surface area (Å²) in [5.74, 6) is -0.833. The Morgan fingerprint density at radius 3 is 2.57 bits per heavy atom. The Morgan fingerprint density at radius 2 is 1.86 bits per heavy atom. The minimum absolute atomic E-state index is 0.177. The number of nitrogens with zero attached hydrogens (tertiary/aromatic N) is 1. The lowest BCUT2D eigenvalue weighted by molar-refractivity contribution is -0.116. The second-order valence-corrected chi connectivity index (χ2v) is 8.86. The van der Waals surface area contributed by atoms with Crippen molar-refractivity contribution in [3.63, 3.8) is 0 Å². The van der Waals surface area contributed by atoms with Gasteiger partial charge in [0.2, 0.25) is 5.91 Å². The lowest BCUT2D eigenvalue weighted by atomic mass is 9.93. The standard InChI is InChI=1S/C26H31FN6O2/c27-18-10-13-22(21(28)15-18)31-25(34)7-2-1-3-14-29-26(35)24-16-23(32-33-24)17-8-11-20(12-9-17)30-19-5-4-6-19/h8-13,15-16,19,30H,1-7,14,28H2,(H,29,35)(H,31,34)(H,32,33). The predicted molar refractivity (Wildman–Crippen MR) is 136 cm³/mol. The Morgan fingerprint density at radius 1 is 1.06 bits per heavy atom. The molecule has 6 N–H and O–H groups in total. The summed E-state index contributed by atoms with van der Waals surface area (Å²) >= 11 is 0. The van der Waals surface area contributed by atoms with Crippen LogP contribution in [0.1, 0.15) is 55.4 Å². The molecule has 3 aromatic rings. The van der Waals surface area contributed by atoms with Gasteiger partial charge in [0.1, 0.15) is 11.5 Å². The zero-order valence-electron chi connectivity index (χ0n) is 19.6. The molecule has 1 aliphatic rings. The van der Waals surface area contributed by atoms with E-state index in [0.717, 1.165) is 29.8 Å². The van der Waals surface area contributed by atoms with E-state index in [1.165, 1.54) is 37.5 Å². The van der Waals surface area contributed by atoms with Gasteiger partial charge in [0.15, 0.2) is 0 Å². The van der Waals surface area contributed by atoms with Crippen LogP contribution >= 0.6 is 0 Å². The van der Waals surface area contributed by atoms with Crippen LogP contribution in [-0.2, 0) is 4.79 Å². The molecule has 35 heavy (non-hydrogen) atoms. The maximum atomic E-state index is 13.1. The molecular formula is C26H31FN6O2. The number of unbranched alkanes of at least 4 members (excludes halogenated alkanes) is 2. The molecule has 1 heterocycles. The molecule has 2 amide bonds. The highest BCUT2D eigenvalue weighted by Gasteiger charge is 2.17. The fourth-order valence-corrected chi connectivity index (χ4v) is 3.86. The van der Waals surface area contributed by atoms with E-state index in [1.807, 2.05) is 24.3 Å². The third-order valence-electron chi connectivity index (χ3n) is 6.13. The van der Waals surface area contributed by atoms with Crippen LogP contribution in [0.2, 0.25) is 0 Å². The fraction of sp³-hybridized carbons (Fsp3) is 0.346. The van der Waals surface area contributed by atoms with Gasteiger partial charge in [-0.15, -0.1) is 0 Å². The topological polar surface area (TPSA) is 125 Å². The molecule has 0 bridgehead atoms. The molecule has 8 nitrogen and oxygen atoms in total. The number of anilines is 3. The lowest BCUT2D eigenvalue weighted by Gasteiger charge is -2.27. The van der Waals surface area contributed by atoms with Gasteiger partial charge in [-0.3, -0.25) is 14.7 Å². The zero-order valence-corrected chi connectivity index (χ0v) is 19.6. The average molecular weight is 479 g/mol. The number of hydrogen-bond acceptors (Lipinski definition) is 5. The molecule has 1 fully saturated rings. The molecule has 9 heteroatoms. The summed E-state index contributed by atoms with van der Waals surface area (Å²) in [6.07, 6.45) is 6.26. The summed E-state index contributed by atoms with van der Waals surface area (Å²) in [6, 6.07) is 14.3. The fourth-order valence-electron chi connectivity index (χ4n) is 3.86. The average Bonchev–Trinajstić information content (AvgIpc) is 3.31. The Balaban J connectivity index is 1.13. The summed E-state index contributed by atoms with van der Waals surface area (Å²) in [5.41, 5.74) is 9.48. The Kier molecular flexibility index (Phi) is 7.97. The van der Waals surface area contributed by atoms with Crippen molar-refractivity contribution in [3.05, 3.63) is 60.0 Å². The number of carbonyl (C=O) groups excluding carboxylic acids is 2. The molecule has 4 rings (SSSR count). The first-order valence-corrected chi connectivity index (χ1v) is 12.0. The Labute approximate surface area is 203 Å². The van der Waals surface area contributed by atoms with Crippen LogP contribution in [0.15, 0.2) is 48.5 Å². The maximum Gasteiger partial charge on any atom is 0.269 e. The molecule has 0 saturated heterocycles. The first-order chi connectivity index (χ1) is 17.0. The summed E-state index contributed by atoms with van der Waals surface area (Å²) in [6.45, 7) is 0.501.